The van der Waals surface area contributed by atoms with Crippen molar-refractivity contribution in [3.63, 3.8) is 0 Å². The molecule has 18 heavy (non-hydrogen) atoms. The van der Waals surface area contributed by atoms with Gasteiger partial charge in [-0.1, -0.05) is 0 Å². The Labute approximate surface area is 106 Å². The molecular formula is C12H20N2O4. The van der Waals surface area contributed by atoms with E-state index < -0.39 is 0 Å². The Morgan fingerprint density at radius 3 is 2.56 bits per heavy atom. The summed E-state index contributed by atoms with van der Waals surface area (Å²) in [6.45, 7) is 3.11. The molecule has 1 heterocycles. The number of anilines is 1. The molecule has 0 atom stereocenters. The van der Waals surface area contributed by atoms with E-state index in [0.29, 0.717) is 39.6 Å². The van der Waals surface area contributed by atoms with E-state index in [1.165, 1.54) is 4.57 Å². The molecule has 0 bridgehead atoms. The molecule has 0 unspecified atom stereocenters. The lowest BCUT2D eigenvalue weighted by Gasteiger charge is -2.07. The molecule has 0 spiro atoms. The number of nitrogens with zero attached hydrogens (tertiary/aromatic N) is 1. The second kappa shape index (κ2) is 8.68. The predicted octanol–water partition coefficient (Wildman–Crippen LogP) is 0.110. The Morgan fingerprint density at radius 2 is 1.83 bits per heavy atom. The van der Waals surface area contributed by atoms with Crippen LogP contribution >= 0.6 is 0 Å². The Morgan fingerprint density at radius 1 is 1.17 bits per heavy atom. The molecule has 0 saturated heterocycles. The van der Waals surface area contributed by atoms with Crippen molar-refractivity contribution in [1.82, 2.24) is 4.57 Å². The van der Waals surface area contributed by atoms with Gasteiger partial charge >= 0.3 is 0 Å². The number of ether oxygens (including phenoxy) is 3. The van der Waals surface area contributed by atoms with Crippen molar-refractivity contribution in [2.45, 2.75) is 6.54 Å². The van der Waals surface area contributed by atoms with Crippen LogP contribution in [0, 0.1) is 0 Å². The Kier molecular flexibility index (Phi) is 7.09. The van der Waals surface area contributed by atoms with E-state index in [1.54, 1.807) is 25.4 Å². The Balaban J connectivity index is 2.11. The number of hydrogen-bond acceptors (Lipinski definition) is 5. The normalized spacial score (nSPS) is 10.7. The van der Waals surface area contributed by atoms with Crippen molar-refractivity contribution in [1.29, 1.82) is 0 Å². The minimum Gasteiger partial charge on any atom is -0.394 e. The summed E-state index contributed by atoms with van der Waals surface area (Å²) in [5.74, 6) is 0. The quantitative estimate of drug-likeness (QED) is 0.635. The van der Waals surface area contributed by atoms with Crippen LogP contribution in [0.25, 0.3) is 0 Å². The van der Waals surface area contributed by atoms with Crippen molar-refractivity contribution in [2.75, 3.05) is 45.9 Å². The van der Waals surface area contributed by atoms with E-state index in [4.69, 9.17) is 19.9 Å². The van der Waals surface area contributed by atoms with Gasteiger partial charge in [-0.25, -0.2) is 0 Å². The maximum Gasteiger partial charge on any atom is 0.273 e. The molecule has 0 aliphatic carbocycles. The first-order chi connectivity index (χ1) is 8.75. The first-order valence-electron chi connectivity index (χ1n) is 5.85. The molecule has 1 aromatic rings. The molecule has 6 nitrogen and oxygen atoms in total. The predicted molar refractivity (Wildman–Crippen MR) is 68.6 cm³/mol. The third-order valence-corrected chi connectivity index (χ3v) is 2.33. The number of nitrogen functional groups attached to an aromatic ring is 1. The lowest BCUT2D eigenvalue weighted by molar-refractivity contribution is 0.0229. The number of nitrogens with two attached hydrogens (primary N) is 1. The summed E-state index contributed by atoms with van der Waals surface area (Å²) in [7, 11) is 1.63. The van der Waals surface area contributed by atoms with Crippen molar-refractivity contribution < 1.29 is 14.2 Å². The van der Waals surface area contributed by atoms with Gasteiger partial charge < -0.3 is 24.5 Å². The van der Waals surface area contributed by atoms with Crippen molar-refractivity contribution in [3.05, 3.63) is 28.7 Å². The number of hydrogen-bond donors (Lipinski definition) is 1. The second-order valence-corrected chi connectivity index (χ2v) is 3.68. The molecule has 0 fully saturated rings. The zero-order valence-corrected chi connectivity index (χ0v) is 10.6. The lowest BCUT2D eigenvalue weighted by Crippen LogP contribution is -2.24. The first kappa shape index (κ1) is 14.7. The van der Waals surface area contributed by atoms with Crippen LogP contribution in [-0.2, 0) is 20.8 Å². The van der Waals surface area contributed by atoms with Crippen LogP contribution in [0.3, 0.4) is 0 Å². The fourth-order valence-electron chi connectivity index (χ4n) is 1.36. The number of pyridine rings is 1. The first-order valence-corrected chi connectivity index (χ1v) is 5.85. The van der Waals surface area contributed by atoms with Crippen LogP contribution in [0.5, 0.6) is 0 Å². The monoisotopic (exact) mass is 256 g/mol. The zero-order chi connectivity index (χ0) is 13.2. The Hall–Kier alpha value is -1.37. The second-order valence-electron chi connectivity index (χ2n) is 3.68. The highest BCUT2D eigenvalue weighted by molar-refractivity contribution is 5.33. The van der Waals surface area contributed by atoms with Gasteiger partial charge in [0, 0.05) is 19.9 Å². The molecule has 0 radical (unpaired) electrons. The van der Waals surface area contributed by atoms with E-state index in [9.17, 15) is 4.79 Å². The number of rotatable bonds is 9. The fraction of sp³-hybridized carbons (Fsp3) is 0.583. The lowest BCUT2D eigenvalue weighted by atomic mass is 10.4. The van der Waals surface area contributed by atoms with E-state index in [0.717, 1.165) is 0 Å². The molecule has 0 aliphatic rings. The molecule has 0 saturated carbocycles. The van der Waals surface area contributed by atoms with Crippen LogP contribution < -0.4 is 11.3 Å². The molecule has 0 aromatic carbocycles. The summed E-state index contributed by atoms with van der Waals surface area (Å²) in [4.78, 5) is 11.6. The molecule has 6 heteroatoms. The molecule has 0 amide bonds. The third-order valence-electron chi connectivity index (χ3n) is 2.33. The van der Waals surface area contributed by atoms with Gasteiger partial charge in [0.15, 0.2) is 0 Å². The van der Waals surface area contributed by atoms with Crippen LogP contribution in [0.4, 0.5) is 5.69 Å². The highest BCUT2D eigenvalue weighted by Crippen LogP contribution is 1.92. The minimum atomic E-state index is -0.183. The summed E-state index contributed by atoms with van der Waals surface area (Å²) in [5, 5.41) is 0. The van der Waals surface area contributed by atoms with E-state index in [2.05, 4.69) is 0 Å². The smallest absolute Gasteiger partial charge is 0.273 e. The summed E-state index contributed by atoms with van der Waals surface area (Å²) in [6.07, 6.45) is 1.69. The van der Waals surface area contributed by atoms with Crippen LogP contribution in [0.2, 0.25) is 0 Å². The number of methoxy groups -OCH3 is 1. The van der Waals surface area contributed by atoms with Crippen molar-refractivity contribution in [2.24, 2.45) is 0 Å². The highest BCUT2D eigenvalue weighted by Gasteiger charge is 1.98. The molecule has 2 N–H and O–H groups in total. The van der Waals surface area contributed by atoms with Gasteiger partial charge in [0.05, 0.1) is 38.7 Å². The van der Waals surface area contributed by atoms with E-state index in [1.807, 2.05) is 0 Å². The van der Waals surface area contributed by atoms with E-state index in [-0.39, 0.29) is 11.2 Å². The molecular weight excluding hydrogens is 236 g/mol. The van der Waals surface area contributed by atoms with Gasteiger partial charge in [0.2, 0.25) is 0 Å². The fourth-order valence-corrected chi connectivity index (χ4v) is 1.36. The van der Waals surface area contributed by atoms with Gasteiger partial charge in [-0.15, -0.1) is 0 Å². The average Bonchev–Trinajstić information content (AvgIpc) is 2.37. The van der Waals surface area contributed by atoms with E-state index >= 15 is 0 Å². The maximum absolute atomic E-state index is 11.6. The van der Waals surface area contributed by atoms with Gasteiger partial charge in [0.1, 0.15) is 0 Å². The van der Waals surface area contributed by atoms with Gasteiger partial charge in [0.25, 0.3) is 5.56 Å². The van der Waals surface area contributed by atoms with Gasteiger partial charge in [-0.3, -0.25) is 4.79 Å². The van der Waals surface area contributed by atoms with Crippen LogP contribution in [0.15, 0.2) is 23.1 Å². The zero-order valence-electron chi connectivity index (χ0n) is 10.6. The third kappa shape index (κ3) is 5.31. The summed E-state index contributed by atoms with van der Waals surface area (Å²) >= 11 is 0. The molecule has 1 aromatic heterocycles. The van der Waals surface area contributed by atoms with Gasteiger partial charge in [-0.2, -0.15) is 0 Å². The van der Waals surface area contributed by atoms with Crippen molar-refractivity contribution >= 4 is 5.69 Å². The summed E-state index contributed by atoms with van der Waals surface area (Å²) in [6, 6.07) is 3.33. The minimum absolute atomic E-state index is 0.183. The topological polar surface area (TPSA) is 75.7 Å². The largest absolute Gasteiger partial charge is 0.394 e. The molecule has 0 aliphatic heterocycles. The van der Waals surface area contributed by atoms with Crippen LogP contribution in [-0.4, -0.2) is 44.7 Å². The van der Waals surface area contributed by atoms with Crippen LogP contribution in [0.1, 0.15) is 0 Å². The molecule has 102 valence electrons. The van der Waals surface area contributed by atoms with Crippen molar-refractivity contribution in [3.8, 4) is 0 Å². The standard InChI is InChI=1S/C12H20N2O4/c1-16-7-8-18-10-9-17-6-5-14-4-2-3-11(13)12(14)15/h2-4H,5-10,13H2,1H3. The Bertz CT molecular complexity index is 392. The number of aromatic nitrogens is 1. The summed E-state index contributed by atoms with van der Waals surface area (Å²) in [5.41, 5.74) is 5.58. The average molecular weight is 256 g/mol. The van der Waals surface area contributed by atoms with Gasteiger partial charge in [-0.05, 0) is 12.1 Å². The highest BCUT2D eigenvalue weighted by atomic mass is 16.5. The molecule has 1 rings (SSSR count). The maximum atomic E-state index is 11.6. The SMILES string of the molecule is COCCOCCOCCn1cccc(N)c1=O. The summed E-state index contributed by atoms with van der Waals surface area (Å²) < 4.78 is 16.9.